The van der Waals surface area contributed by atoms with Gasteiger partial charge in [-0.2, -0.15) is 0 Å². The van der Waals surface area contributed by atoms with Gasteiger partial charge in [-0.05, 0) is 57.3 Å². The Bertz CT molecular complexity index is 755. The van der Waals surface area contributed by atoms with E-state index in [4.69, 9.17) is 12.2 Å². The molecular formula is C17H24FN5S2. The zero-order valence-electron chi connectivity index (χ0n) is 14.8. The van der Waals surface area contributed by atoms with Crippen LogP contribution in [0.15, 0.2) is 24.3 Å². The van der Waals surface area contributed by atoms with Crippen LogP contribution in [0.4, 0.5) is 15.2 Å². The summed E-state index contributed by atoms with van der Waals surface area (Å²) in [5.41, 5.74) is 1.04. The van der Waals surface area contributed by atoms with E-state index in [0.29, 0.717) is 6.67 Å². The van der Waals surface area contributed by atoms with Gasteiger partial charge in [0.05, 0.1) is 6.67 Å². The molecule has 1 fully saturated rings. The normalized spacial score (nSPS) is 16.2. The van der Waals surface area contributed by atoms with E-state index in [1.165, 1.54) is 23.5 Å². The molecule has 3 rings (SSSR count). The molecule has 0 spiro atoms. The molecule has 0 amide bonds. The zero-order valence-corrected chi connectivity index (χ0v) is 16.5. The quantitative estimate of drug-likeness (QED) is 0.815. The van der Waals surface area contributed by atoms with E-state index in [1.54, 1.807) is 0 Å². The van der Waals surface area contributed by atoms with Crippen molar-refractivity contribution >= 4 is 34.4 Å². The lowest BCUT2D eigenvalue weighted by Crippen LogP contribution is -2.47. The molecule has 1 aromatic heterocycles. The van der Waals surface area contributed by atoms with Crippen LogP contribution in [-0.4, -0.2) is 46.4 Å². The number of halogens is 1. The minimum atomic E-state index is -0.194. The Balaban J connectivity index is 1.57. The number of nitrogens with zero attached hydrogens (tertiary/aromatic N) is 4. The summed E-state index contributed by atoms with van der Waals surface area (Å²) in [6, 6.07) is 6.71. The Morgan fingerprint density at radius 3 is 2.40 bits per heavy atom. The monoisotopic (exact) mass is 381 g/mol. The maximum Gasteiger partial charge on any atom is 0.205 e. The third-order valence-corrected chi connectivity index (χ3v) is 5.21. The molecule has 0 saturated carbocycles. The van der Waals surface area contributed by atoms with Crippen molar-refractivity contribution in [2.45, 2.75) is 33.0 Å². The summed E-state index contributed by atoms with van der Waals surface area (Å²) in [6.07, 6.45) is 0. The number of hydrogen-bond donors (Lipinski definition) is 1. The van der Waals surface area contributed by atoms with Gasteiger partial charge in [-0.25, -0.2) is 9.07 Å². The number of piperazine rings is 1. The van der Waals surface area contributed by atoms with Crippen LogP contribution in [0.1, 0.15) is 20.8 Å². The molecule has 1 aliphatic heterocycles. The fourth-order valence-electron chi connectivity index (χ4n) is 2.76. The van der Waals surface area contributed by atoms with Crippen LogP contribution in [0.2, 0.25) is 0 Å². The fourth-order valence-corrected chi connectivity index (χ4v) is 3.96. The summed E-state index contributed by atoms with van der Waals surface area (Å²) in [5.74, 6) is -0.194. The molecule has 1 saturated heterocycles. The second-order valence-electron chi connectivity index (χ2n) is 7.27. The van der Waals surface area contributed by atoms with E-state index in [-0.39, 0.29) is 11.4 Å². The molecule has 2 aromatic rings. The van der Waals surface area contributed by atoms with Gasteiger partial charge in [-0.1, -0.05) is 11.3 Å². The Morgan fingerprint density at radius 2 is 1.80 bits per heavy atom. The molecule has 5 nitrogen and oxygen atoms in total. The SMILES string of the molecule is CC(C)(C)Nc1nn(CN2CCN(c3ccc(F)cc3)CC2)c(=S)s1. The van der Waals surface area contributed by atoms with Gasteiger partial charge in [-0.3, -0.25) is 4.90 Å². The van der Waals surface area contributed by atoms with Crippen LogP contribution in [-0.2, 0) is 6.67 Å². The first-order valence-corrected chi connectivity index (χ1v) is 9.62. The van der Waals surface area contributed by atoms with Crippen molar-refractivity contribution in [3.05, 3.63) is 34.0 Å². The summed E-state index contributed by atoms with van der Waals surface area (Å²) >= 11 is 6.96. The third-order valence-electron chi connectivity index (χ3n) is 3.99. The molecule has 0 radical (unpaired) electrons. The molecule has 136 valence electrons. The van der Waals surface area contributed by atoms with Crippen LogP contribution in [0, 0.1) is 9.77 Å². The first-order valence-electron chi connectivity index (χ1n) is 8.39. The summed E-state index contributed by atoms with van der Waals surface area (Å²) < 4.78 is 15.7. The van der Waals surface area contributed by atoms with Crippen molar-refractivity contribution in [3.8, 4) is 0 Å². The Morgan fingerprint density at radius 1 is 1.16 bits per heavy atom. The van der Waals surface area contributed by atoms with E-state index in [9.17, 15) is 4.39 Å². The van der Waals surface area contributed by atoms with Gasteiger partial charge >= 0.3 is 0 Å². The van der Waals surface area contributed by atoms with E-state index < -0.39 is 0 Å². The van der Waals surface area contributed by atoms with Crippen molar-refractivity contribution in [1.82, 2.24) is 14.7 Å². The van der Waals surface area contributed by atoms with E-state index in [1.807, 2.05) is 16.8 Å². The second-order valence-corrected chi connectivity index (χ2v) is 8.89. The summed E-state index contributed by atoms with van der Waals surface area (Å²) in [4.78, 5) is 4.62. The number of nitrogens with one attached hydrogen (secondary N) is 1. The summed E-state index contributed by atoms with van der Waals surface area (Å²) in [7, 11) is 0. The van der Waals surface area contributed by atoms with Gasteiger partial charge in [0, 0.05) is 37.4 Å². The average Bonchev–Trinajstić information content (AvgIpc) is 2.86. The van der Waals surface area contributed by atoms with Crippen molar-refractivity contribution < 1.29 is 4.39 Å². The third kappa shape index (κ3) is 4.99. The molecule has 25 heavy (non-hydrogen) atoms. The van der Waals surface area contributed by atoms with Crippen molar-refractivity contribution in [3.63, 3.8) is 0 Å². The first kappa shape index (κ1) is 18.3. The minimum Gasteiger partial charge on any atom is -0.369 e. The summed E-state index contributed by atoms with van der Waals surface area (Å²) in [6.45, 7) is 10.7. The first-order chi connectivity index (χ1) is 11.8. The Labute approximate surface area is 157 Å². The number of rotatable bonds is 4. The second kappa shape index (κ2) is 7.39. The van der Waals surface area contributed by atoms with Gasteiger partial charge in [0.15, 0.2) is 3.95 Å². The molecule has 1 N–H and O–H groups in total. The van der Waals surface area contributed by atoms with Crippen LogP contribution in [0.5, 0.6) is 0 Å². The minimum absolute atomic E-state index is 0.0295. The molecule has 0 unspecified atom stereocenters. The van der Waals surface area contributed by atoms with E-state index >= 15 is 0 Å². The van der Waals surface area contributed by atoms with Gasteiger partial charge in [-0.15, -0.1) is 5.10 Å². The predicted molar refractivity (Wildman–Crippen MR) is 104 cm³/mol. The standard InChI is InChI=1S/C17H24FN5S2/c1-17(2,3)19-15-20-23(16(24)25-15)12-21-8-10-22(11-9-21)14-6-4-13(18)5-7-14/h4-7H,8-12H2,1-3H3,(H,19,20). The predicted octanol–water partition coefficient (Wildman–Crippen LogP) is 3.80. The smallest absolute Gasteiger partial charge is 0.205 e. The van der Waals surface area contributed by atoms with E-state index in [2.05, 4.69) is 41.0 Å². The number of anilines is 2. The number of aromatic nitrogens is 2. The maximum absolute atomic E-state index is 13.1. The van der Waals surface area contributed by atoms with Gasteiger partial charge in [0.2, 0.25) is 5.13 Å². The molecule has 0 aliphatic carbocycles. The highest BCUT2D eigenvalue weighted by Gasteiger charge is 2.19. The lowest BCUT2D eigenvalue weighted by atomic mass is 10.1. The van der Waals surface area contributed by atoms with Gasteiger partial charge in [0.1, 0.15) is 5.82 Å². The van der Waals surface area contributed by atoms with Crippen LogP contribution >= 0.6 is 23.6 Å². The lowest BCUT2D eigenvalue weighted by molar-refractivity contribution is 0.195. The van der Waals surface area contributed by atoms with Crippen LogP contribution in [0.25, 0.3) is 0 Å². The van der Waals surface area contributed by atoms with Crippen molar-refractivity contribution in [2.24, 2.45) is 0 Å². The number of benzene rings is 1. The van der Waals surface area contributed by atoms with Crippen LogP contribution in [0.3, 0.4) is 0 Å². The highest BCUT2D eigenvalue weighted by molar-refractivity contribution is 7.73. The Kier molecular flexibility index (Phi) is 5.41. The highest BCUT2D eigenvalue weighted by atomic mass is 32.1. The largest absolute Gasteiger partial charge is 0.369 e. The molecule has 1 aromatic carbocycles. The average molecular weight is 382 g/mol. The van der Waals surface area contributed by atoms with Crippen molar-refractivity contribution in [1.29, 1.82) is 0 Å². The molecule has 8 heteroatoms. The molecule has 1 aliphatic rings. The molecule has 2 heterocycles. The highest BCUT2D eigenvalue weighted by Crippen LogP contribution is 2.20. The van der Waals surface area contributed by atoms with E-state index in [0.717, 1.165) is 41.0 Å². The summed E-state index contributed by atoms with van der Waals surface area (Å²) in [5, 5.41) is 8.84. The zero-order chi connectivity index (χ0) is 18.0. The van der Waals surface area contributed by atoms with Gasteiger partial charge < -0.3 is 10.2 Å². The lowest BCUT2D eigenvalue weighted by Gasteiger charge is -2.35. The molecule has 0 bridgehead atoms. The van der Waals surface area contributed by atoms with Gasteiger partial charge in [0.25, 0.3) is 0 Å². The van der Waals surface area contributed by atoms with Crippen LogP contribution < -0.4 is 10.2 Å². The topological polar surface area (TPSA) is 36.3 Å². The maximum atomic E-state index is 13.1. The molecule has 0 atom stereocenters. The Hall–Kier alpha value is -1.51. The fraction of sp³-hybridized carbons (Fsp3) is 0.529. The number of hydrogen-bond acceptors (Lipinski definition) is 6. The van der Waals surface area contributed by atoms with Crippen molar-refractivity contribution in [2.75, 3.05) is 36.4 Å². The molecular weight excluding hydrogens is 357 g/mol.